The van der Waals surface area contributed by atoms with Crippen LogP contribution in [0.3, 0.4) is 0 Å². The molecule has 0 spiro atoms. The zero-order valence-electron chi connectivity index (χ0n) is 10.5. The van der Waals surface area contributed by atoms with E-state index < -0.39 is 9.84 Å². The van der Waals surface area contributed by atoms with Crippen molar-refractivity contribution in [2.24, 2.45) is 0 Å². The predicted octanol–water partition coefficient (Wildman–Crippen LogP) is 0.600. The monoisotopic (exact) mass is 257 g/mol. The summed E-state index contributed by atoms with van der Waals surface area (Å²) in [4.78, 5) is 6.17. The van der Waals surface area contributed by atoms with Crippen LogP contribution in [0.5, 0.6) is 0 Å². The Labute approximate surface area is 103 Å². The molecule has 0 unspecified atom stereocenters. The summed E-state index contributed by atoms with van der Waals surface area (Å²) < 4.78 is 22.0. The molecular weight excluding hydrogens is 238 g/mol. The number of sulfone groups is 1. The summed E-state index contributed by atoms with van der Waals surface area (Å²) in [7, 11) is 0.830. The molecule has 0 aliphatic heterocycles. The number of nitrogens with zero attached hydrogens (tertiary/aromatic N) is 2. The highest BCUT2D eigenvalue weighted by Crippen LogP contribution is 2.06. The molecule has 5 nitrogen and oxygen atoms in total. The largest absolute Gasteiger partial charge is 0.373 e. The van der Waals surface area contributed by atoms with Crippen LogP contribution in [0.25, 0.3) is 0 Å². The average Bonchev–Trinajstić information content (AvgIpc) is 2.27. The molecule has 0 aliphatic rings. The van der Waals surface area contributed by atoms with Crippen LogP contribution in [0, 0.1) is 0 Å². The Morgan fingerprint density at radius 3 is 2.59 bits per heavy atom. The van der Waals surface area contributed by atoms with E-state index in [2.05, 4.69) is 10.3 Å². The maximum absolute atomic E-state index is 11.0. The quantitative estimate of drug-likeness (QED) is 0.808. The summed E-state index contributed by atoms with van der Waals surface area (Å²) in [5, 5.41) is 2.95. The zero-order valence-corrected chi connectivity index (χ0v) is 11.3. The van der Waals surface area contributed by atoms with E-state index in [1.165, 1.54) is 6.26 Å². The van der Waals surface area contributed by atoms with Crippen molar-refractivity contribution in [2.45, 2.75) is 6.54 Å². The number of rotatable bonds is 6. The maximum atomic E-state index is 11.0. The predicted molar refractivity (Wildman–Crippen MR) is 69.8 cm³/mol. The fourth-order valence-electron chi connectivity index (χ4n) is 1.38. The number of aromatic nitrogens is 1. The molecular formula is C11H19N3O2S. The minimum atomic E-state index is -2.89. The lowest BCUT2D eigenvalue weighted by atomic mass is 10.2. The van der Waals surface area contributed by atoms with Gasteiger partial charge in [-0.2, -0.15) is 0 Å². The SMILES string of the molecule is CNc1ccc(CN(C)CCS(C)(=O)=O)cn1. The third-order valence-corrected chi connectivity index (χ3v) is 3.30. The Morgan fingerprint density at radius 1 is 1.41 bits per heavy atom. The summed E-state index contributed by atoms with van der Waals surface area (Å²) in [6.45, 7) is 1.24. The van der Waals surface area contributed by atoms with Crippen LogP contribution in [0.15, 0.2) is 18.3 Å². The van der Waals surface area contributed by atoms with Crippen LogP contribution in [-0.2, 0) is 16.4 Å². The minimum absolute atomic E-state index is 0.186. The molecule has 1 aromatic heterocycles. The van der Waals surface area contributed by atoms with Gasteiger partial charge in [-0.15, -0.1) is 0 Å². The third kappa shape index (κ3) is 5.65. The number of hydrogen-bond donors (Lipinski definition) is 1. The van der Waals surface area contributed by atoms with E-state index in [1.807, 2.05) is 31.1 Å². The number of hydrogen-bond acceptors (Lipinski definition) is 5. The Hall–Kier alpha value is -1.14. The van der Waals surface area contributed by atoms with Gasteiger partial charge in [-0.1, -0.05) is 6.07 Å². The molecule has 0 saturated heterocycles. The molecule has 17 heavy (non-hydrogen) atoms. The van der Waals surface area contributed by atoms with Crippen molar-refractivity contribution in [3.05, 3.63) is 23.9 Å². The van der Waals surface area contributed by atoms with Gasteiger partial charge in [0.05, 0.1) is 5.75 Å². The normalized spacial score (nSPS) is 11.8. The van der Waals surface area contributed by atoms with Crippen molar-refractivity contribution in [3.63, 3.8) is 0 Å². The van der Waals surface area contributed by atoms with Crippen molar-refractivity contribution in [1.29, 1.82) is 0 Å². The lowest BCUT2D eigenvalue weighted by molar-refractivity contribution is 0.346. The van der Waals surface area contributed by atoms with Crippen LogP contribution in [0.4, 0.5) is 5.82 Å². The first-order valence-corrected chi connectivity index (χ1v) is 7.46. The molecule has 0 aliphatic carbocycles. The molecule has 0 aromatic carbocycles. The number of nitrogens with one attached hydrogen (secondary N) is 1. The van der Waals surface area contributed by atoms with Gasteiger partial charge in [0.1, 0.15) is 15.7 Å². The second-order valence-electron chi connectivity index (χ2n) is 4.17. The molecule has 0 bridgehead atoms. The van der Waals surface area contributed by atoms with Crippen molar-refractivity contribution >= 4 is 15.7 Å². The first kappa shape index (κ1) is 13.9. The second kappa shape index (κ2) is 5.97. The van der Waals surface area contributed by atoms with Crippen LogP contribution >= 0.6 is 0 Å². The highest BCUT2D eigenvalue weighted by molar-refractivity contribution is 7.90. The minimum Gasteiger partial charge on any atom is -0.373 e. The molecule has 96 valence electrons. The molecule has 1 N–H and O–H groups in total. The Kier molecular flexibility index (Phi) is 4.89. The summed E-state index contributed by atoms with van der Waals surface area (Å²) in [6, 6.07) is 3.88. The van der Waals surface area contributed by atoms with Gasteiger partial charge in [0.2, 0.25) is 0 Å². The Bertz CT molecular complexity index is 442. The molecule has 0 atom stereocenters. The van der Waals surface area contributed by atoms with Crippen molar-refractivity contribution < 1.29 is 8.42 Å². The van der Waals surface area contributed by atoms with Crippen molar-refractivity contribution in [2.75, 3.05) is 38.0 Å². The fourth-order valence-corrected chi connectivity index (χ4v) is 2.02. The second-order valence-corrected chi connectivity index (χ2v) is 6.43. The summed E-state index contributed by atoms with van der Waals surface area (Å²) in [6.07, 6.45) is 3.05. The van der Waals surface area contributed by atoms with E-state index >= 15 is 0 Å². The van der Waals surface area contributed by atoms with Crippen molar-refractivity contribution in [3.8, 4) is 0 Å². The fraction of sp³-hybridized carbons (Fsp3) is 0.545. The lowest BCUT2D eigenvalue weighted by Gasteiger charge is -2.15. The number of pyridine rings is 1. The van der Waals surface area contributed by atoms with Gasteiger partial charge in [-0.3, -0.25) is 0 Å². The molecule has 6 heteroatoms. The summed E-state index contributed by atoms with van der Waals surface area (Å²) >= 11 is 0. The lowest BCUT2D eigenvalue weighted by Crippen LogP contribution is -2.24. The van der Waals surface area contributed by atoms with Gasteiger partial charge in [0.25, 0.3) is 0 Å². The zero-order chi connectivity index (χ0) is 12.9. The van der Waals surface area contributed by atoms with E-state index in [1.54, 1.807) is 6.20 Å². The Morgan fingerprint density at radius 2 is 2.12 bits per heavy atom. The smallest absolute Gasteiger partial charge is 0.148 e. The van der Waals surface area contributed by atoms with Gasteiger partial charge in [0.15, 0.2) is 0 Å². The highest BCUT2D eigenvalue weighted by atomic mass is 32.2. The molecule has 0 amide bonds. The first-order chi connectivity index (χ1) is 7.90. The van der Waals surface area contributed by atoms with Crippen LogP contribution in [0.2, 0.25) is 0 Å². The maximum Gasteiger partial charge on any atom is 0.148 e. The molecule has 1 aromatic rings. The van der Waals surface area contributed by atoms with E-state index in [9.17, 15) is 8.42 Å². The first-order valence-electron chi connectivity index (χ1n) is 5.39. The van der Waals surface area contributed by atoms with Gasteiger partial charge in [0, 0.05) is 32.6 Å². The third-order valence-electron chi connectivity index (χ3n) is 2.38. The van der Waals surface area contributed by atoms with E-state index in [4.69, 9.17) is 0 Å². The van der Waals surface area contributed by atoms with Gasteiger partial charge in [-0.25, -0.2) is 13.4 Å². The van der Waals surface area contributed by atoms with Crippen LogP contribution in [0.1, 0.15) is 5.56 Å². The van der Waals surface area contributed by atoms with Crippen molar-refractivity contribution in [1.82, 2.24) is 9.88 Å². The van der Waals surface area contributed by atoms with Gasteiger partial charge in [-0.05, 0) is 18.7 Å². The average molecular weight is 257 g/mol. The molecule has 1 heterocycles. The van der Waals surface area contributed by atoms with Crippen LogP contribution < -0.4 is 5.32 Å². The van der Waals surface area contributed by atoms with E-state index in [0.717, 1.165) is 11.4 Å². The van der Waals surface area contributed by atoms with Gasteiger partial charge < -0.3 is 10.2 Å². The summed E-state index contributed by atoms with van der Waals surface area (Å²) in [5.41, 5.74) is 1.07. The molecule has 1 rings (SSSR count). The highest BCUT2D eigenvalue weighted by Gasteiger charge is 2.06. The molecule has 0 radical (unpaired) electrons. The Balaban J connectivity index is 2.47. The van der Waals surface area contributed by atoms with E-state index in [-0.39, 0.29) is 5.75 Å². The van der Waals surface area contributed by atoms with Gasteiger partial charge >= 0.3 is 0 Å². The van der Waals surface area contributed by atoms with Crippen LogP contribution in [-0.4, -0.2) is 51.0 Å². The summed E-state index contributed by atoms with van der Waals surface area (Å²) in [5.74, 6) is 1.01. The topological polar surface area (TPSA) is 62.3 Å². The molecule has 0 fully saturated rings. The number of anilines is 1. The standard InChI is InChI=1S/C11H19N3O2S/c1-12-11-5-4-10(8-13-11)9-14(2)6-7-17(3,15)16/h4-5,8H,6-7,9H2,1-3H3,(H,12,13). The van der Waals surface area contributed by atoms with E-state index in [0.29, 0.717) is 13.1 Å². The molecule has 0 saturated carbocycles.